The van der Waals surface area contributed by atoms with E-state index in [2.05, 4.69) is 6.92 Å². The van der Waals surface area contributed by atoms with Crippen molar-refractivity contribution < 1.29 is 39.6 Å². The van der Waals surface area contributed by atoms with Gasteiger partial charge in [0.2, 0.25) is 0 Å². The van der Waals surface area contributed by atoms with E-state index >= 15 is 0 Å². The highest BCUT2D eigenvalue weighted by Crippen LogP contribution is 2.14. The van der Waals surface area contributed by atoms with Crippen molar-refractivity contribution in [2.24, 2.45) is 0 Å². The Balaban J connectivity index is 3.15. The highest BCUT2D eigenvalue weighted by atomic mass is 16.4. The van der Waals surface area contributed by atoms with Gasteiger partial charge in [0.05, 0.1) is 26.2 Å². The van der Waals surface area contributed by atoms with Gasteiger partial charge < -0.3 is 20.4 Å². The quantitative estimate of drug-likeness (QED) is 0.200. The minimum Gasteiger partial charge on any atom is -0.480 e. The van der Waals surface area contributed by atoms with Crippen LogP contribution in [0, 0.1) is 0 Å². The van der Waals surface area contributed by atoms with Gasteiger partial charge in [0.25, 0.3) is 0 Å². The van der Waals surface area contributed by atoms with Crippen molar-refractivity contribution in [1.29, 1.82) is 0 Å². The van der Waals surface area contributed by atoms with Gasteiger partial charge in [0.15, 0.2) is 0 Å². The fourth-order valence-electron chi connectivity index (χ4n) is 4.01. The number of rotatable bonds is 20. The Morgan fingerprint density at radius 2 is 1.19 bits per heavy atom. The van der Waals surface area contributed by atoms with Crippen LogP contribution in [0.2, 0.25) is 0 Å². The number of carbonyl (C=O) groups is 4. The van der Waals surface area contributed by atoms with E-state index in [1.165, 1.54) is 10.5 Å². The van der Waals surface area contributed by atoms with Crippen LogP contribution in [-0.4, -0.2) is 117 Å². The molecule has 0 aliphatic carbocycles. The molecule has 0 fully saturated rings. The number of carboxylic acids is 4. The highest BCUT2D eigenvalue weighted by molar-refractivity contribution is 5.72. The summed E-state index contributed by atoms with van der Waals surface area (Å²) in [5.41, 5.74) is 2.06. The first kappa shape index (κ1) is 31.0. The lowest BCUT2D eigenvalue weighted by Gasteiger charge is -2.34. The third kappa shape index (κ3) is 13.2. The minimum absolute atomic E-state index is 0.106. The summed E-state index contributed by atoms with van der Waals surface area (Å²) in [6.45, 7) is 3.47. The van der Waals surface area contributed by atoms with Gasteiger partial charge in [-0.3, -0.25) is 33.9 Å². The number of benzene rings is 1. The molecule has 0 heterocycles. The summed E-state index contributed by atoms with van der Waals surface area (Å²) in [7, 11) is 0. The zero-order valence-corrected chi connectivity index (χ0v) is 21.1. The van der Waals surface area contributed by atoms with Crippen LogP contribution in [0.15, 0.2) is 24.3 Å². The lowest BCUT2D eigenvalue weighted by molar-refractivity contribution is -0.144. The second-order valence-corrected chi connectivity index (χ2v) is 8.86. The summed E-state index contributed by atoms with van der Waals surface area (Å²) >= 11 is 0. The number of hydrogen-bond acceptors (Lipinski definition) is 7. The summed E-state index contributed by atoms with van der Waals surface area (Å²) in [5, 5.41) is 37.3. The molecule has 11 heteroatoms. The average molecular weight is 510 g/mol. The van der Waals surface area contributed by atoms with E-state index in [1.54, 1.807) is 16.7 Å². The maximum Gasteiger partial charge on any atom is 0.317 e. The zero-order chi connectivity index (χ0) is 27.1. The molecule has 0 saturated heterocycles. The molecular formula is C25H39N3O8. The molecule has 0 saturated carbocycles. The third-order valence-electron chi connectivity index (χ3n) is 5.87. The smallest absolute Gasteiger partial charge is 0.317 e. The van der Waals surface area contributed by atoms with E-state index in [4.69, 9.17) is 5.11 Å². The Hall–Kier alpha value is -3.02. The Morgan fingerprint density at radius 3 is 1.67 bits per heavy atom. The van der Waals surface area contributed by atoms with E-state index in [-0.39, 0.29) is 26.2 Å². The average Bonchev–Trinajstić information content (AvgIpc) is 2.79. The lowest BCUT2D eigenvalue weighted by atomic mass is 10.0. The minimum atomic E-state index is -1.18. The summed E-state index contributed by atoms with van der Waals surface area (Å²) in [4.78, 5) is 50.2. The van der Waals surface area contributed by atoms with E-state index in [0.29, 0.717) is 19.5 Å². The number of unbranched alkanes of at least 4 members (excludes halogenated alkanes) is 1. The van der Waals surface area contributed by atoms with Crippen LogP contribution in [-0.2, 0) is 32.0 Å². The first-order valence-electron chi connectivity index (χ1n) is 12.2. The predicted octanol–water partition coefficient (Wildman–Crippen LogP) is 1.20. The summed E-state index contributed by atoms with van der Waals surface area (Å²) in [6, 6.07) is 7.28. The van der Waals surface area contributed by atoms with Gasteiger partial charge in [-0.25, -0.2) is 0 Å². The van der Waals surface area contributed by atoms with Crippen LogP contribution < -0.4 is 0 Å². The molecule has 36 heavy (non-hydrogen) atoms. The van der Waals surface area contributed by atoms with Gasteiger partial charge in [-0.2, -0.15) is 0 Å². The number of nitrogens with zero attached hydrogens (tertiary/aromatic N) is 3. The van der Waals surface area contributed by atoms with E-state index in [0.717, 1.165) is 24.8 Å². The molecule has 1 unspecified atom stereocenters. The topological polar surface area (TPSA) is 159 Å². The molecule has 0 bridgehead atoms. The number of likely N-dealkylation sites (N-methyl/N-ethyl adjacent to an activating group) is 1. The predicted molar refractivity (Wildman–Crippen MR) is 133 cm³/mol. The van der Waals surface area contributed by atoms with Gasteiger partial charge in [0, 0.05) is 25.7 Å². The molecule has 0 aromatic heterocycles. The molecule has 0 aliphatic rings. The molecule has 4 N–H and O–H groups in total. The van der Waals surface area contributed by atoms with Crippen molar-refractivity contribution in [3.8, 4) is 0 Å². The molecule has 1 atom stereocenters. The summed E-state index contributed by atoms with van der Waals surface area (Å²) in [5.74, 6) is -4.44. The largest absolute Gasteiger partial charge is 0.480 e. The lowest BCUT2D eigenvalue weighted by Crippen LogP contribution is -2.51. The number of aliphatic carboxylic acids is 4. The van der Waals surface area contributed by atoms with E-state index in [1.807, 2.05) is 24.3 Å². The zero-order valence-electron chi connectivity index (χ0n) is 21.1. The van der Waals surface area contributed by atoms with Crippen LogP contribution in [0.25, 0.3) is 0 Å². The van der Waals surface area contributed by atoms with Crippen molar-refractivity contribution in [3.05, 3.63) is 35.4 Å². The second-order valence-electron chi connectivity index (χ2n) is 8.86. The Bertz CT molecular complexity index is 830. The Labute approximate surface area is 211 Å². The van der Waals surface area contributed by atoms with Crippen molar-refractivity contribution >= 4 is 23.9 Å². The molecular weight excluding hydrogens is 470 g/mol. The van der Waals surface area contributed by atoms with Gasteiger partial charge >= 0.3 is 23.9 Å². The second kappa shape index (κ2) is 16.6. The summed E-state index contributed by atoms with van der Waals surface area (Å²) < 4.78 is 0. The van der Waals surface area contributed by atoms with Gasteiger partial charge in [-0.05, 0) is 36.9 Å². The maximum atomic E-state index is 11.5. The van der Waals surface area contributed by atoms with E-state index in [9.17, 15) is 34.5 Å². The van der Waals surface area contributed by atoms with Gasteiger partial charge in [0.1, 0.15) is 0 Å². The first-order chi connectivity index (χ1) is 17.0. The van der Waals surface area contributed by atoms with Gasteiger partial charge in [-0.1, -0.05) is 44.5 Å². The first-order valence-corrected chi connectivity index (χ1v) is 12.2. The van der Waals surface area contributed by atoms with Gasteiger partial charge in [-0.15, -0.1) is 0 Å². The van der Waals surface area contributed by atoms with Crippen LogP contribution in [0.4, 0.5) is 0 Å². The standard InChI is InChI=1S/C25H39N3O8/c1-3-5-6-19-7-9-20(10-8-19)13-21(28(17-24(33)34)18-25(35)36)14-27(16-23(31)32)12-11-26(4-2)15-22(29)30/h7-10,21H,3-6,11-18H2,1-2H3,(H,29,30)(H,31,32)(H,33,34)(H,35,36). The van der Waals surface area contributed by atoms with Crippen molar-refractivity contribution in [1.82, 2.24) is 14.7 Å². The maximum absolute atomic E-state index is 11.5. The van der Waals surface area contributed by atoms with Crippen LogP contribution in [0.1, 0.15) is 37.8 Å². The molecule has 202 valence electrons. The molecule has 0 amide bonds. The molecule has 1 aromatic rings. The Morgan fingerprint density at radius 1 is 0.722 bits per heavy atom. The fraction of sp³-hybridized carbons (Fsp3) is 0.600. The normalized spacial score (nSPS) is 12.2. The summed E-state index contributed by atoms with van der Waals surface area (Å²) in [6.07, 6.45) is 3.41. The fourth-order valence-corrected chi connectivity index (χ4v) is 4.01. The molecule has 1 aromatic carbocycles. The molecule has 0 spiro atoms. The number of hydrogen-bond donors (Lipinski definition) is 4. The Kier molecular flexibility index (Phi) is 14.3. The molecule has 11 nitrogen and oxygen atoms in total. The molecule has 1 rings (SSSR count). The van der Waals surface area contributed by atoms with Crippen molar-refractivity contribution in [2.45, 2.75) is 45.6 Å². The van der Waals surface area contributed by atoms with Crippen molar-refractivity contribution in [2.75, 3.05) is 52.4 Å². The monoisotopic (exact) mass is 509 g/mol. The number of aryl methyl sites for hydroxylation is 1. The van der Waals surface area contributed by atoms with Crippen LogP contribution in [0.5, 0.6) is 0 Å². The molecule has 0 radical (unpaired) electrons. The third-order valence-corrected chi connectivity index (χ3v) is 5.87. The van der Waals surface area contributed by atoms with Crippen LogP contribution in [0.3, 0.4) is 0 Å². The molecule has 0 aliphatic heterocycles. The van der Waals surface area contributed by atoms with Crippen LogP contribution >= 0.6 is 0 Å². The van der Waals surface area contributed by atoms with E-state index < -0.39 is 43.0 Å². The SMILES string of the molecule is CCCCc1ccc(CC(CN(CCN(CC)CC(=O)O)CC(=O)O)N(CC(=O)O)CC(=O)O)cc1. The highest BCUT2D eigenvalue weighted by Gasteiger charge is 2.27. The number of carboxylic acid groups (broad SMARTS) is 4. The van der Waals surface area contributed by atoms with Crippen molar-refractivity contribution in [3.63, 3.8) is 0 Å².